The van der Waals surface area contributed by atoms with Gasteiger partial charge in [0.2, 0.25) is 0 Å². The first-order chi connectivity index (χ1) is 9.62. The molecule has 0 bridgehead atoms. The fourth-order valence-electron chi connectivity index (χ4n) is 1.44. The van der Waals surface area contributed by atoms with Crippen LogP contribution in [0.5, 0.6) is 0 Å². The van der Waals surface area contributed by atoms with Crippen molar-refractivity contribution in [2.75, 3.05) is 13.2 Å². The van der Waals surface area contributed by atoms with Crippen LogP contribution in [0.1, 0.15) is 24.2 Å². The molecule has 0 fully saturated rings. The summed E-state index contributed by atoms with van der Waals surface area (Å²) in [6.45, 7) is 4.07. The molecule has 9 heteroatoms. The number of nitrogens with one attached hydrogen (secondary N) is 1. The minimum absolute atomic E-state index is 0.00200. The number of hydrogen-bond acceptors (Lipinski definition) is 4. The van der Waals surface area contributed by atoms with Crippen LogP contribution in [0, 0.1) is 5.82 Å². The van der Waals surface area contributed by atoms with E-state index in [1.165, 1.54) is 0 Å². The lowest BCUT2D eigenvalue weighted by Gasteiger charge is -2.10. The smallest absolute Gasteiger partial charge is 0.262 e. The molecule has 1 aromatic carbocycles. The Morgan fingerprint density at radius 1 is 1.43 bits per heavy atom. The molecule has 118 valence electrons. The highest BCUT2D eigenvalue weighted by Crippen LogP contribution is 2.27. The van der Waals surface area contributed by atoms with E-state index in [1.807, 2.05) is 13.8 Å². The second kappa shape index (κ2) is 7.40. The average molecular weight is 358 g/mol. The zero-order chi connectivity index (χ0) is 16.2. The molecule has 0 saturated carbocycles. The van der Waals surface area contributed by atoms with Crippen molar-refractivity contribution >= 4 is 37.2 Å². The van der Waals surface area contributed by atoms with Crippen molar-refractivity contribution in [3.8, 4) is 0 Å². The lowest BCUT2D eigenvalue weighted by molar-refractivity contribution is 0.0745. The van der Waals surface area contributed by atoms with Gasteiger partial charge in [-0.25, -0.2) is 12.8 Å². The van der Waals surface area contributed by atoms with E-state index in [4.69, 9.17) is 27.0 Å². The van der Waals surface area contributed by atoms with Crippen molar-refractivity contribution in [3.63, 3.8) is 0 Å². The molecular weight excluding hydrogens is 344 g/mol. The number of halogens is 3. The minimum atomic E-state index is -4.17. The molecule has 0 heterocycles. The summed E-state index contributed by atoms with van der Waals surface area (Å²) in [5.74, 6) is -1.72. The molecule has 1 rings (SSSR count). The molecule has 21 heavy (non-hydrogen) atoms. The number of amides is 1. The predicted molar refractivity (Wildman–Crippen MR) is 77.9 cm³/mol. The number of carbonyl (C=O) groups is 1. The average Bonchev–Trinajstić information content (AvgIpc) is 2.32. The van der Waals surface area contributed by atoms with Gasteiger partial charge in [0.1, 0.15) is 10.7 Å². The molecule has 0 unspecified atom stereocenters. The van der Waals surface area contributed by atoms with Gasteiger partial charge < -0.3 is 10.1 Å². The molecule has 0 radical (unpaired) electrons. The van der Waals surface area contributed by atoms with Crippen LogP contribution in [0.25, 0.3) is 0 Å². The Hall–Kier alpha value is -0.890. The SMILES string of the molecule is CC(C)OCCNC(=O)c1cc(S(=O)(=O)Cl)c(Cl)cc1F. The molecular formula is C12H14Cl2FNO4S. The zero-order valence-corrected chi connectivity index (χ0v) is 13.6. The predicted octanol–water partition coefficient (Wildman–Crippen LogP) is 2.56. The summed E-state index contributed by atoms with van der Waals surface area (Å²) >= 11 is 5.60. The Balaban J connectivity index is 2.90. The number of hydrogen-bond donors (Lipinski definition) is 1. The third-order valence-corrected chi connectivity index (χ3v) is 4.15. The minimum Gasteiger partial charge on any atom is -0.377 e. The van der Waals surface area contributed by atoms with Crippen molar-refractivity contribution in [2.24, 2.45) is 0 Å². The second-order valence-electron chi connectivity index (χ2n) is 4.38. The molecule has 1 N–H and O–H groups in total. The summed E-state index contributed by atoms with van der Waals surface area (Å²) in [7, 11) is 0.994. The van der Waals surface area contributed by atoms with Gasteiger partial charge in [-0.1, -0.05) is 11.6 Å². The lowest BCUT2D eigenvalue weighted by atomic mass is 10.2. The number of rotatable bonds is 6. The van der Waals surface area contributed by atoms with Crippen LogP contribution in [0.15, 0.2) is 17.0 Å². The standard InChI is InChI=1S/C12H14Cl2FNO4S/c1-7(2)20-4-3-16-12(17)8-5-11(21(14,18)19)9(13)6-10(8)15/h5-7H,3-4H2,1-2H3,(H,16,17). The van der Waals surface area contributed by atoms with Crippen molar-refractivity contribution < 1.29 is 22.3 Å². The van der Waals surface area contributed by atoms with E-state index in [9.17, 15) is 17.6 Å². The highest BCUT2D eigenvalue weighted by molar-refractivity contribution is 8.13. The van der Waals surface area contributed by atoms with Gasteiger partial charge in [0, 0.05) is 17.2 Å². The fourth-order valence-corrected chi connectivity index (χ4v) is 2.95. The Morgan fingerprint density at radius 2 is 2.05 bits per heavy atom. The van der Waals surface area contributed by atoms with Gasteiger partial charge >= 0.3 is 0 Å². The van der Waals surface area contributed by atoms with Crippen molar-refractivity contribution in [1.29, 1.82) is 0 Å². The molecule has 5 nitrogen and oxygen atoms in total. The van der Waals surface area contributed by atoms with Crippen molar-refractivity contribution in [3.05, 3.63) is 28.5 Å². The van der Waals surface area contributed by atoms with E-state index >= 15 is 0 Å². The van der Waals surface area contributed by atoms with Gasteiger partial charge in [0.25, 0.3) is 15.0 Å². The first-order valence-corrected chi connectivity index (χ1v) is 8.65. The van der Waals surface area contributed by atoms with Gasteiger partial charge in [-0.3, -0.25) is 4.79 Å². The Bertz CT molecular complexity index is 634. The van der Waals surface area contributed by atoms with E-state index in [0.29, 0.717) is 0 Å². The van der Waals surface area contributed by atoms with Crippen LogP contribution in [-0.2, 0) is 13.8 Å². The van der Waals surface area contributed by atoms with E-state index in [0.717, 1.165) is 12.1 Å². The largest absolute Gasteiger partial charge is 0.377 e. The van der Waals surface area contributed by atoms with Crippen LogP contribution >= 0.6 is 22.3 Å². The van der Waals surface area contributed by atoms with E-state index in [1.54, 1.807) is 0 Å². The van der Waals surface area contributed by atoms with Crippen molar-refractivity contribution in [1.82, 2.24) is 5.32 Å². The molecule has 1 amide bonds. The third kappa shape index (κ3) is 5.43. The summed E-state index contributed by atoms with van der Waals surface area (Å²) in [5.41, 5.74) is -0.455. The van der Waals surface area contributed by atoms with Crippen LogP contribution in [0.4, 0.5) is 4.39 Å². The summed E-state index contributed by atoms with van der Waals surface area (Å²) < 4.78 is 41.5. The molecule has 0 saturated heterocycles. The summed E-state index contributed by atoms with van der Waals surface area (Å²) in [6.07, 6.45) is 0.00200. The van der Waals surface area contributed by atoms with E-state index < -0.39 is 31.2 Å². The normalized spacial score (nSPS) is 11.7. The van der Waals surface area contributed by atoms with E-state index in [2.05, 4.69) is 5.32 Å². The second-order valence-corrected chi connectivity index (χ2v) is 7.32. The van der Waals surface area contributed by atoms with Gasteiger partial charge in [-0.2, -0.15) is 0 Å². The Morgan fingerprint density at radius 3 is 2.57 bits per heavy atom. The monoisotopic (exact) mass is 357 g/mol. The Kier molecular flexibility index (Phi) is 6.40. The topological polar surface area (TPSA) is 72.5 Å². The Labute approximate surface area is 131 Å². The first-order valence-electron chi connectivity index (χ1n) is 5.96. The molecule has 0 aromatic heterocycles. The maximum Gasteiger partial charge on any atom is 0.262 e. The number of benzene rings is 1. The maximum absolute atomic E-state index is 13.7. The van der Waals surface area contributed by atoms with Gasteiger partial charge in [-0.15, -0.1) is 0 Å². The summed E-state index contributed by atoms with van der Waals surface area (Å²) in [6, 6.07) is 1.54. The third-order valence-electron chi connectivity index (χ3n) is 2.37. The van der Waals surface area contributed by atoms with E-state index in [-0.39, 0.29) is 24.3 Å². The van der Waals surface area contributed by atoms with Gasteiger partial charge in [0.15, 0.2) is 0 Å². The van der Waals surface area contributed by atoms with Crippen molar-refractivity contribution in [2.45, 2.75) is 24.8 Å². The maximum atomic E-state index is 13.7. The number of ether oxygens (including phenoxy) is 1. The van der Waals surface area contributed by atoms with Crippen LogP contribution < -0.4 is 5.32 Å². The van der Waals surface area contributed by atoms with Crippen LogP contribution in [0.3, 0.4) is 0 Å². The fraction of sp³-hybridized carbons (Fsp3) is 0.417. The zero-order valence-electron chi connectivity index (χ0n) is 11.3. The quantitative estimate of drug-likeness (QED) is 0.627. The first kappa shape index (κ1) is 18.2. The van der Waals surface area contributed by atoms with Crippen LogP contribution in [0.2, 0.25) is 5.02 Å². The molecule has 0 atom stereocenters. The van der Waals surface area contributed by atoms with Crippen LogP contribution in [-0.4, -0.2) is 33.6 Å². The lowest BCUT2D eigenvalue weighted by Crippen LogP contribution is -2.29. The van der Waals surface area contributed by atoms with Gasteiger partial charge in [-0.05, 0) is 26.0 Å². The molecule has 0 aliphatic rings. The summed E-state index contributed by atoms with van der Waals surface area (Å²) in [4.78, 5) is 11.3. The van der Waals surface area contributed by atoms with Gasteiger partial charge in [0.05, 0.1) is 23.3 Å². The molecule has 0 aliphatic carbocycles. The molecule has 0 aliphatic heterocycles. The summed E-state index contributed by atoms with van der Waals surface area (Å²) in [5, 5.41) is 2.02. The molecule has 0 spiro atoms. The highest BCUT2D eigenvalue weighted by Gasteiger charge is 2.21. The highest BCUT2D eigenvalue weighted by atomic mass is 35.7. The molecule has 1 aromatic rings. The number of carbonyl (C=O) groups excluding carboxylic acids is 1.